The Hall–Kier alpha value is -4.29. The monoisotopic (exact) mass is 940 g/mol. The van der Waals surface area contributed by atoms with Gasteiger partial charge in [-0.3, -0.25) is 4.98 Å². The summed E-state index contributed by atoms with van der Waals surface area (Å²) in [7, 11) is 0. The smallest absolute Gasteiger partial charge is 0 e. The summed E-state index contributed by atoms with van der Waals surface area (Å²) < 4.78 is 40.6. The molecule has 0 amide bonds. The van der Waals surface area contributed by atoms with E-state index in [0.29, 0.717) is 0 Å². The first-order valence-electron chi connectivity index (χ1n) is 19.7. The largest absolute Gasteiger partial charge is 0 e. The zero-order valence-electron chi connectivity index (χ0n) is 35.6. The number of aryl methyl sites for hydroxylation is 1. The van der Waals surface area contributed by atoms with Gasteiger partial charge in [-0.1, -0.05) is 74.2 Å². The molecule has 3 heterocycles. The van der Waals surface area contributed by atoms with Crippen molar-refractivity contribution >= 4 is 50.6 Å². The summed E-state index contributed by atoms with van der Waals surface area (Å²) in [5, 5.41) is 2.19. The zero-order valence-corrected chi connectivity index (χ0v) is 36.0. The van der Waals surface area contributed by atoms with Crippen LogP contribution in [-0.4, -0.2) is 27.8 Å². The summed E-state index contributed by atoms with van der Waals surface area (Å²) in [5.74, 6) is 7.01. The number of hydrogen-bond donors (Lipinski definition) is 0. The van der Waals surface area contributed by atoms with Crippen molar-refractivity contribution in [2.45, 2.75) is 70.0 Å². The molecule has 0 aliphatic heterocycles. The van der Waals surface area contributed by atoms with Crippen LogP contribution in [-0.2, 0) is 25.5 Å². The number of imidazole rings is 1. The third-order valence-electron chi connectivity index (χ3n) is 9.45. The van der Waals surface area contributed by atoms with Crippen LogP contribution in [0.4, 0.5) is 0 Å². The van der Waals surface area contributed by atoms with Crippen LogP contribution in [0.3, 0.4) is 0 Å². The average molecular weight is 939 g/mol. The van der Waals surface area contributed by atoms with Crippen LogP contribution in [0, 0.1) is 19.0 Å². The van der Waals surface area contributed by atoms with Gasteiger partial charge in [0.25, 0.3) is 0 Å². The van der Waals surface area contributed by atoms with Gasteiger partial charge in [-0.05, 0) is 41.3 Å². The molecule has 0 aliphatic rings. The fourth-order valence-corrected chi connectivity index (χ4v) is 9.94. The molecule has 0 aliphatic carbocycles. The molecule has 4 nitrogen and oxygen atoms in total. The maximum Gasteiger partial charge on any atom is 0 e. The minimum absolute atomic E-state index is 0. The molecule has 0 N–H and O–H groups in total. The third kappa shape index (κ3) is 7.85. The first kappa shape index (κ1) is 33.3. The Morgan fingerprint density at radius 3 is 2.28 bits per heavy atom. The first-order valence-corrected chi connectivity index (χ1v) is 25.1. The van der Waals surface area contributed by atoms with Gasteiger partial charge in [-0.25, -0.2) is 0 Å². The molecule has 0 unspecified atom stereocenters. The zero-order chi connectivity index (χ0) is 40.2. The maximum atomic E-state index is 8.49. The number of benzene rings is 5. The minimum Gasteiger partial charge on any atom is 0 e. The fourth-order valence-electron chi connectivity index (χ4n) is 6.62. The fraction of sp³-hybridized carbons (Fsp3) is 0.234. The Morgan fingerprint density at radius 1 is 0.868 bits per heavy atom. The molecule has 3 aromatic heterocycles. The van der Waals surface area contributed by atoms with Gasteiger partial charge in [0, 0.05) is 31.2 Å². The molecule has 5 aromatic carbocycles. The number of para-hydroxylation sites is 3. The van der Waals surface area contributed by atoms with Crippen molar-refractivity contribution in [3.05, 3.63) is 144 Å². The maximum absolute atomic E-state index is 8.49. The molecule has 0 fully saturated rings. The van der Waals surface area contributed by atoms with Crippen LogP contribution in [0.15, 0.2) is 120 Å². The number of hydrogen-bond acceptors (Lipinski definition) is 3. The van der Waals surface area contributed by atoms with Crippen molar-refractivity contribution in [3.8, 4) is 28.3 Å². The van der Waals surface area contributed by atoms with E-state index in [1.807, 2.05) is 56.4 Å². The van der Waals surface area contributed by atoms with E-state index in [1.165, 1.54) is 16.0 Å². The molecular formula is C47H47GeIrN3O-2. The Kier molecular flexibility index (Phi) is 9.56. The molecule has 0 atom stereocenters. The number of furan rings is 1. The molecule has 0 saturated carbocycles. The molecule has 0 spiro atoms. The van der Waals surface area contributed by atoms with Crippen molar-refractivity contribution in [2.24, 2.45) is 0 Å². The number of nitrogens with zero attached hydrogens (tertiary/aromatic N) is 3. The van der Waals surface area contributed by atoms with Gasteiger partial charge < -0.3 is 8.98 Å². The number of aromatic nitrogens is 3. The second-order valence-electron chi connectivity index (χ2n) is 15.6. The summed E-state index contributed by atoms with van der Waals surface area (Å²) in [6.07, 6.45) is 1.91. The van der Waals surface area contributed by atoms with E-state index >= 15 is 0 Å². The van der Waals surface area contributed by atoms with Gasteiger partial charge in [0.05, 0.1) is 22.4 Å². The molecule has 1 radical (unpaired) electrons. The van der Waals surface area contributed by atoms with E-state index < -0.39 is 26.0 Å². The van der Waals surface area contributed by atoms with Crippen LogP contribution >= 0.6 is 0 Å². The van der Waals surface area contributed by atoms with Gasteiger partial charge in [0.2, 0.25) is 0 Å². The van der Waals surface area contributed by atoms with E-state index in [0.717, 1.165) is 66.9 Å². The molecule has 8 rings (SSSR count). The summed E-state index contributed by atoms with van der Waals surface area (Å²) in [4.78, 5) is 9.60. The number of pyridine rings is 1. The van der Waals surface area contributed by atoms with Crippen molar-refractivity contribution in [1.82, 2.24) is 14.5 Å². The predicted molar refractivity (Wildman–Crippen MR) is 222 cm³/mol. The standard InChI is InChI=1S/C29H23N2O.C18H24GeN.Ir/c1-29(2,3)19-15-17-20(18-16-19)31-25-13-6-5-12-24(25)30-28(31)23-11-8-10-22-21-9-4-7-14-26(21)32-27(22)23;1-13(2)16-11-18(15-9-7-14(3)8-10-15)20-12-17(16)19(4,5)6;/h4-10,12-18H,1-3H3;7-9,11-13H,1-6H3;/q2*-1;/i;3D3,13D;. The second-order valence-corrected chi connectivity index (χ2v) is 26.2. The van der Waals surface area contributed by atoms with Crippen molar-refractivity contribution < 1.29 is 30.0 Å². The summed E-state index contributed by atoms with van der Waals surface area (Å²) in [5.41, 5.74) is 9.82. The molecule has 8 aromatic rings. The number of fused-ring (bicyclic) bond motifs is 4. The van der Waals surface area contributed by atoms with Crippen molar-refractivity contribution in [2.75, 3.05) is 0 Å². The quantitative estimate of drug-likeness (QED) is 0.128. The van der Waals surface area contributed by atoms with Gasteiger partial charge in [0.15, 0.2) is 0 Å². The average Bonchev–Trinajstić information content (AvgIpc) is 3.73. The van der Waals surface area contributed by atoms with Gasteiger partial charge in [-0.2, -0.15) is 0 Å². The van der Waals surface area contributed by atoms with E-state index in [4.69, 9.17) is 14.9 Å². The van der Waals surface area contributed by atoms with Crippen LogP contribution < -0.4 is 4.40 Å². The van der Waals surface area contributed by atoms with Crippen LogP contribution in [0.2, 0.25) is 17.3 Å². The van der Waals surface area contributed by atoms with Crippen LogP contribution in [0.25, 0.3) is 61.3 Å². The van der Waals surface area contributed by atoms with Gasteiger partial charge >= 0.3 is 131 Å². The van der Waals surface area contributed by atoms with E-state index in [1.54, 1.807) is 12.1 Å². The van der Waals surface area contributed by atoms with Crippen molar-refractivity contribution in [3.63, 3.8) is 0 Å². The molecule has 53 heavy (non-hydrogen) atoms. The molecule has 271 valence electrons. The Morgan fingerprint density at radius 2 is 1.60 bits per heavy atom. The topological polar surface area (TPSA) is 43.9 Å². The van der Waals surface area contributed by atoms with E-state index in [2.05, 4.69) is 114 Å². The van der Waals surface area contributed by atoms with E-state index in [9.17, 15) is 0 Å². The summed E-state index contributed by atoms with van der Waals surface area (Å²) in [6, 6.07) is 42.5. The Labute approximate surface area is 336 Å². The number of rotatable bonds is 5. The van der Waals surface area contributed by atoms with Crippen LogP contribution in [0.1, 0.15) is 62.7 Å². The second kappa shape index (κ2) is 15.2. The van der Waals surface area contributed by atoms with Gasteiger partial charge in [-0.15, -0.1) is 18.2 Å². The van der Waals surface area contributed by atoms with Crippen LogP contribution in [0.5, 0.6) is 0 Å². The van der Waals surface area contributed by atoms with E-state index in [-0.39, 0.29) is 31.1 Å². The van der Waals surface area contributed by atoms with Crippen molar-refractivity contribution in [1.29, 1.82) is 0 Å². The molecule has 0 bridgehead atoms. The first-order chi connectivity index (χ1) is 26.3. The van der Waals surface area contributed by atoms with Gasteiger partial charge in [0.1, 0.15) is 5.58 Å². The molecule has 0 saturated heterocycles. The molecule has 6 heteroatoms. The Balaban J connectivity index is 0.000000198. The summed E-state index contributed by atoms with van der Waals surface area (Å²) >= 11 is -2.14. The normalized spacial score (nSPS) is 13.4. The Bertz CT molecular complexity index is 2680. The third-order valence-corrected chi connectivity index (χ3v) is 13.7. The predicted octanol–water partition coefficient (Wildman–Crippen LogP) is 12.2. The minimum atomic E-state index is -2.14. The summed E-state index contributed by atoms with van der Waals surface area (Å²) in [6.45, 7) is 8.36. The SMILES string of the molecule is CC(C)(C)c1ccc(-n2c(-c3[c-]ccc4c3oc3ccccc34)nc3ccccc32)cc1.[2H]C([2H])([2H])c1c[c-]c(-c2cc(C([2H])(C)C)[c]([Ge]([CH3])([CH3])[CH3])cn2)cc1.[Ir]. The molecular weight excluding hydrogens is 887 g/mol.